The summed E-state index contributed by atoms with van der Waals surface area (Å²) >= 11 is 0. The number of carbonyl (C=O) groups is 1. The summed E-state index contributed by atoms with van der Waals surface area (Å²) in [4.78, 5) is 10.3. The minimum absolute atomic E-state index is 0.123. The normalized spacial score (nSPS) is 23.9. The van der Waals surface area contributed by atoms with E-state index in [2.05, 4.69) is 5.32 Å². The highest BCUT2D eigenvalue weighted by molar-refractivity contribution is 7.89. The summed E-state index contributed by atoms with van der Waals surface area (Å²) in [6.45, 7) is 3.36. The van der Waals surface area contributed by atoms with Gasteiger partial charge in [-0.3, -0.25) is 4.79 Å². The highest BCUT2D eigenvalue weighted by Crippen LogP contribution is 2.07. The molecule has 1 aliphatic rings. The van der Waals surface area contributed by atoms with Crippen LogP contribution in [-0.4, -0.2) is 55.2 Å². The van der Waals surface area contributed by atoms with E-state index in [1.54, 1.807) is 0 Å². The van der Waals surface area contributed by atoms with Gasteiger partial charge in [-0.1, -0.05) is 0 Å². The van der Waals surface area contributed by atoms with Gasteiger partial charge in [-0.15, -0.1) is 0 Å². The second kappa shape index (κ2) is 4.91. The third kappa shape index (κ3) is 3.77. The summed E-state index contributed by atoms with van der Waals surface area (Å²) in [5, 5.41) is 11.6. The highest BCUT2D eigenvalue weighted by atomic mass is 32.2. The van der Waals surface area contributed by atoms with Crippen molar-refractivity contribution in [2.45, 2.75) is 19.4 Å². The molecular weight excluding hydrogens is 220 g/mol. The van der Waals surface area contributed by atoms with E-state index >= 15 is 0 Å². The predicted octanol–water partition coefficient (Wildman–Crippen LogP) is -0.915. The molecule has 15 heavy (non-hydrogen) atoms. The molecule has 0 spiro atoms. The van der Waals surface area contributed by atoms with Crippen molar-refractivity contribution in [3.63, 3.8) is 0 Å². The molecule has 88 valence electrons. The fourth-order valence-electron chi connectivity index (χ4n) is 1.49. The van der Waals surface area contributed by atoms with Crippen molar-refractivity contribution >= 4 is 16.0 Å². The minimum Gasteiger partial charge on any atom is -0.481 e. The maximum Gasteiger partial charge on any atom is 0.304 e. The molecule has 6 nitrogen and oxygen atoms in total. The van der Waals surface area contributed by atoms with Gasteiger partial charge in [0, 0.05) is 25.7 Å². The molecule has 0 aromatic heterocycles. The van der Waals surface area contributed by atoms with E-state index in [4.69, 9.17) is 5.11 Å². The molecule has 0 radical (unpaired) electrons. The van der Waals surface area contributed by atoms with Crippen LogP contribution in [0.5, 0.6) is 0 Å². The van der Waals surface area contributed by atoms with Crippen molar-refractivity contribution in [1.82, 2.24) is 9.62 Å². The van der Waals surface area contributed by atoms with E-state index in [-0.39, 0.29) is 18.2 Å². The maximum absolute atomic E-state index is 11.7. The summed E-state index contributed by atoms with van der Waals surface area (Å²) < 4.78 is 24.7. The standard InChI is InChI=1S/C8H16N2O4S/c1-7-6-10(4-3-9-7)15(13,14)5-2-8(11)12/h7,9H,2-6H2,1H3,(H,11,12). The molecule has 0 aromatic rings. The van der Waals surface area contributed by atoms with Crippen LogP contribution in [0.4, 0.5) is 0 Å². The zero-order chi connectivity index (χ0) is 11.5. The quantitative estimate of drug-likeness (QED) is 0.659. The smallest absolute Gasteiger partial charge is 0.304 e. The lowest BCUT2D eigenvalue weighted by molar-refractivity contribution is -0.136. The first-order valence-electron chi connectivity index (χ1n) is 4.85. The SMILES string of the molecule is CC1CN(S(=O)(=O)CCC(=O)O)CCN1. The van der Waals surface area contributed by atoms with E-state index in [1.807, 2.05) is 6.92 Å². The van der Waals surface area contributed by atoms with Crippen LogP contribution in [0.1, 0.15) is 13.3 Å². The van der Waals surface area contributed by atoms with Crippen LogP contribution in [0.3, 0.4) is 0 Å². The first-order valence-corrected chi connectivity index (χ1v) is 6.46. The number of hydrogen-bond acceptors (Lipinski definition) is 4. The van der Waals surface area contributed by atoms with E-state index in [9.17, 15) is 13.2 Å². The number of nitrogens with one attached hydrogen (secondary N) is 1. The molecule has 0 aromatic carbocycles. The Morgan fingerprint density at radius 2 is 2.27 bits per heavy atom. The number of aliphatic carboxylic acids is 1. The monoisotopic (exact) mass is 236 g/mol. The van der Waals surface area contributed by atoms with Gasteiger partial charge in [0.25, 0.3) is 0 Å². The number of carboxylic acids is 1. The molecule has 1 atom stereocenters. The van der Waals surface area contributed by atoms with E-state index in [0.717, 1.165) is 0 Å². The lowest BCUT2D eigenvalue weighted by atomic mass is 10.3. The van der Waals surface area contributed by atoms with Gasteiger partial charge < -0.3 is 10.4 Å². The molecule has 0 bridgehead atoms. The van der Waals surface area contributed by atoms with Crippen LogP contribution in [0, 0.1) is 0 Å². The third-order valence-corrected chi connectivity index (χ3v) is 4.14. The average Bonchev–Trinajstić information content (AvgIpc) is 2.15. The summed E-state index contributed by atoms with van der Waals surface area (Å²) in [6.07, 6.45) is -0.333. The molecule has 1 aliphatic heterocycles. The Balaban J connectivity index is 2.56. The zero-order valence-corrected chi connectivity index (χ0v) is 9.46. The van der Waals surface area contributed by atoms with Gasteiger partial charge >= 0.3 is 5.97 Å². The number of rotatable bonds is 4. The maximum atomic E-state index is 11.7. The van der Waals surface area contributed by atoms with Gasteiger partial charge in [-0.05, 0) is 6.92 Å². The molecule has 0 amide bonds. The van der Waals surface area contributed by atoms with Crippen molar-refractivity contribution in [2.75, 3.05) is 25.4 Å². The predicted molar refractivity (Wildman–Crippen MR) is 55.1 cm³/mol. The molecule has 0 saturated carbocycles. The van der Waals surface area contributed by atoms with Crippen molar-refractivity contribution in [3.05, 3.63) is 0 Å². The van der Waals surface area contributed by atoms with E-state index in [1.165, 1.54) is 4.31 Å². The van der Waals surface area contributed by atoms with Gasteiger partial charge in [0.15, 0.2) is 0 Å². The Labute approximate surface area is 89.3 Å². The molecular formula is C8H16N2O4S. The molecule has 1 saturated heterocycles. The van der Waals surface area contributed by atoms with Crippen LogP contribution in [0.25, 0.3) is 0 Å². The van der Waals surface area contributed by atoms with Gasteiger partial charge in [-0.2, -0.15) is 4.31 Å². The average molecular weight is 236 g/mol. The number of carboxylic acid groups (broad SMARTS) is 1. The van der Waals surface area contributed by atoms with Crippen molar-refractivity contribution in [2.24, 2.45) is 0 Å². The Kier molecular flexibility index (Phi) is 4.06. The molecule has 2 N–H and O–H groups in total. The lowest BCUT2D eigenvalue weighted by Crippen LogP contribution is -2.51. The Bertz CT molecular complexity index is 328. The second-order valence-electron chi connectivity index (χ2n) is 3.67. The Morgan fingerprint density at radius 3 is 2.80 bits per heavy atom. The molecule has 1 fully saturated rings. The van der Waals surface area contributed by atoms with Gasteiger partial charge in [-0.25, -0.2) is 8.42 Å². The van der Waals surface area contributed by atoms with E-state index in [0.29, 0.717) is 19.6 Å². The molecule has 1 heterocycles. The van der Waals surface area contributed by atoms with Crippen molar-refractivity contribution in [3.8, 4) is 0 Å². The number of piperazine rings is 1. The first-order chi connectivity index (χ1) is 6.92. The van der Waals surface area contributed by atoms with Crippen LogP contribution in [0.15, 0.2) is 0 Å². The Morgan fingerprint density at radius 1 is 1.60 bits per heavy atom. The minimum atomic E-state index is -3.40. The van der Waals surface area contributed by atoms with Crippen LogP contribution in [-0.2, 0) is 14.8 Å². The zero-order valence-electron chi connectivity index (χ0n) is 8.64. The molecule has 7 heteroatoms. The van der Waals surface area contributed by atoms with Crippen LogP contribution >= 0.6 is 0 Å². The largest absolute Gasteiger partial charge is 0.481 e. The van der Waals surface area contributed by atoms with E-state index < -0.39 is 16.0 Å². The Hall–Kier alpha value is -0.660. The summed E-state index contributed by atoms with van der Waals surface area (Å²) in [7, 11) is -3.40. The van der Waals surface area contributed by atoms with Crippen molar-refractivity contribution in [1.29, 1.82) is 0 Å². The third-order valence-electron chi connectivity index (χ3n) is 2.30. The highest BCUT2D eigenvalue weighted by Gasteiger charge is 2.26. The van der Waals surface area contributed by atoms with Crippen LogP contribution < -0.4 is 5.32 Å². The molecule has 0 aliphatic carbocycles. The van der Waals surface area contributed by atoms with Crippen LogP contribution in [0.2, 0.25) is 0 Å². The number of hydrogen-bond donors (Lipinski definition) is 2. The van der Waals surface area contributed by atoms with Gasteiger partial charge in [0.05, 0.1) is 12.2 Å². The number of sulfonamides is 1. The summed E-state index contributed by atoms with van der Waals surface area (Å²) in [6, 6.07) is 0.123. The first kappa shape index (κ1) is 12.4. The van der Waals surface area contributed by atoms with Gasteiger partial charge in [0.2, 0.25) is 10.0 Å². The van der Waals surface area contributed by atoms with Crippen molar-refractivity contribution < 1.29 is 18.3 Å². The number of nitrogens with zero attached hydrogens (tertiary/aromatic N) is 1. The second-order valence-corrected chi connectivity index (χ2v) is 5.76. The fraction of sp³-hybridized carbons (Fsp3) is 0.875. The molecule has 1 unspecified atom stereocenters. The summed E-state index contributed by atoms with van der Waals surface area (Å²) in [5.41, 5.74) is 0. The molecule has 1 rings (SSSR count). The lowest BCUT2D eigenvalue weighted by Gasteiger charge is -2.30. The fourth-order valence-corrected chi connectivity index (χ4v) is 3.01. The van der Waals surface area contributed by atoms with Gasteiger partial charge in [0.1, 0.15) is 0 Å². The topological polar surface area (TPSA) is 86.7 Å². The summed E-state index contributed by atoms with van der Waals surface area (Å²) in [5.74, 6) is -1.39.